The zero-order valence-electron chi connectivity index (χ0n) is 10.7. The summed E-state index contributed by atoms with van der Waals surface area (Å²) in [7, 11) is 0. The van der Waals surface area contributed by atoms with Crippen LogP contribution in [0.2, 0.25) is 0 Å². The molecule has 0 aliphatic heterocycles. The van der Waals surface area contributed by atoms with Crippen LogP contribution in [0.25, 0.3) is 10.9 Å². The number of anilines is 1. The van der Waals surface area contributed by atoms with Crippen LogP contribution in [0.5, 0.6) is 0 Å². The predicted octanol–water partition coefficient (Wildman–Crippen LogP) is 2.44. The van der Waals surface area contributed by atoms with Crippen LogP contribution < -0.4 is 11.3 Å². The van der Waals surface area contributed by atoms with E-state index in [1.165, 1.54) is 5.56 Å². The fourth-order valence-corrected chi connectivity index (χ4v) is 2.28. The lowest BCUT2D eigenvalue weighted by atomic mass is 10.0. The molecule has 1 aliphatic carbocycles. The largest absolute Gasteiger partial charge is 0.369 e. The van der Waals surface area contributed by atoms with Crippen LogP contribution in [0.3, 0.4) is 0 Å². The van der Waals surface area contributed by atoms with Crippen molar-refractivity contribution >= 4 is 16.9 Å². The van der Waals surface area contributed by atoms with E-state index >= 15 is 0 Å². The number of nitrogens with two attached hydrogens (primary N) is 1. The van der Waals surface area contributed by atoms with E-state index in [2.05, 4.69) is 18.8 Å². The third-order valence-electron chi connectivity index (χ3n) is 3.53. The van der Waals surface area contributed by atoms with Gasteiger partial charge in [0.05, 0.1) is 10.9 Å². The van der Waals surface area contributed by atoms with Crippen LogP contribution in [-0.2, 0) is 0 Å². The fourth-order valence-electron chi connectivity index (χ4n) is 2.28. The molecule has 94 valence electrons. The second-order valence-electron chi connectivity index (χ2n) is 5.31. The minimum atomic E-state index is -0.00435. The molecule has 0 saturated heterocycles. The van der Waals surface area contributed by atoms with Gasteiger partial charge in [0.25, 0.3) is 5.56 Å². The van der Waals surface area contributed by atoms with Crippen LogP contribution in [0.1, 0.15) is 44.2 Å². The summed E-state index contributed by atoms with van der Waals surface area (Å²) in [4.78, 5) is 16.7. The van der Waals surface area contributed by atoms with Gasteiger partial charge in [-0.05, 0) is 36.5 Å². The van der Waals surface area contributed by atoms with Crippen molar-refractivity contribution in [2.24, 2.45) is 0 Å². The second-order valence-corrected chi connectivity index (χ2v) is 5.31. The fraction of sp³-hybridized carbons (Fsp3) is 0.429. The molecule has 0 radical (unpaired) electrons. The van der Waals surface area contributed by atoms with Crippen molar-refractivity contribution in [3.05, 3.63) is 34.1 Å². The Morgan fingerprint density at radius 1 is 1.39 bits per heavy atom. The van der Waals surface area contributed by atoms with Gasteiger partial charge in [0.1, 0.15) is 0 Å². The Morgan fingerprint density at radius 3 is 2.72 bits per heavy atom. The van der Waals surface area contributed by atoms with Crippen molar-refractivity contribution in [2.45, 2.75) is 38.6 Å². The topological polar surface area (TPSA) is 60.9 Å². The minimum Gasteiger partial charge on any atom is -0.369 e. The maximum absolute atomic E-state index is 12.4. The first-order valence-electron chi connectivity index (χ1n) is 6.39. The van der Waals surface area contributed by atoms with Crippen LogP contribution in [0.4, 0.5) is 5.95 Å². The molecule has 0 unspecified atom stereocenters. The normalized spacial score (nSPS) is 15.5. The van der Waals surface area contributed by atoms with Crippen molar-refractivity contribution in [2.75, 3.05) is 5.73 Å². The average molecular weight is 243 g/mol. The Hall–Kier alpha value is -1.84. The molecule has 0 spiro atoms. The highest BCUT2D eigenvalue weighted by Gasteiger charge is 2.27. The van der Waals surface area contributed by atoms with Crippen molar-refractivity contribution in [1.29, 1.82) is 0 Å². The van der Waals surface area contributed by atoms with Gasteiger partial charge in [-0.3, -0.25) is 9.36 Å². The van der Waals surface area contributed by atoms with E-state index < -0.39 is 0 Å². The van der Waals surface area contributed by atoms with Gasteiger partial charge in [0.2, 0.25) is 5.95 Å². The Kier molecular flexibility index (Phi) is 2.40. The number of benzene rings is 1. The molecule has 1 aromatic carbocycles. The first-order valence-corrected chi connectivity index (χ1v) is 6.39. The van der Waals surface area contributed by atoms with Crippen LogP contribution in [0.15, 0.2) is 23.0 Å². The Balaban J connectivity index is 2.27. The zero-order valence-corrected chi connectivity index (χ0v) is 10.7. The molecule has 1 saturated carbocycles. The third-order valence-corrected chi connectivity index (χ3v) is 3.53. The molecule has 4 nitrogen and oxygen atoms in total. The highest BCUT2D eigenvalue weighted by molar-refractivity contribution is 5.79. The number of hydrogen-bond acceptors (Lipinski definition) is 3. The van der Waals surface area contributed by atoms with E-state index in [4.69, 9.17) is 5.73 Å². The molecule has 2 aromatic rings. The summed E-state index contributed by atoms with van der Waals surface area (Å²) in [6.07, 6.45) is 2.06. The molecule has 4 heteroatoms. The van der Waals surface area contributed by atoms with E-state index in [-0.39, 0.29) is 11.6 Å². The number of aromatic nitrogens is 2. The summed E-state index contributed by atoms with van der Waals surface area (Å²) in [5.41, 5.74) is 7.79. The molecule has 2 N–H and O–H groups in total. The van der Waals surface area contributed by atoms with Crippen LogP contribution >= 0.6 is 0 Å². The Morgan fingerprint density at radius 2 is 2.11 bits per heavy atom. The lowest BCUT2D eigenvalue weighted by molar-refractivity contribution is 0.712. The molecule has 0 amide bonds. The third kappa shape index (κ3) is 1.68. The maximum Gasteiger partial charge on any atom is 0.263 e. The highest BCUT2D eigenvalue weighted by atomic mass is 16.1. The number of fused-ring (bicyclic) bond motifs is 1. The molecule has 3 rings (SSSR count). The number of nitrogen functional groups attached to an aromatic ring is 1. The monoisotopic (exact) mass is 243 g/mol. The van der Waals surface area contributed by atoms with Gasteiger partial charge in [-0.15, -0.1) is 0 Å². The second kappa shape index (κ2) is 3.83. The number of rotatable bonds is 2. The minimum absolute atomic E-state index is 0.00435. The predicted molar refractivity (Wildman–Crippen MR) is 72.8 cm³/mol. The first-order chi connectivity index (χ1) is 8.58. The first kappa shape index (κ1) is 11.3. The van der Waals surface area contributed by atoms with Gasteiger partial charge < -0.3 is 5.73 Å². The molecular weight excluding hydrogens is 226 g/mol. The maximum atomic E-state index is 12.4. The van der Waals surface area contributed by atoms with Crippen LogP contribution in [-0.4, -0.2) is 9.55 Å². The quantitative estimate of drug-likeness (QED) is 0.881. The van der Waals surface area contributed by atoms with E-state index in [0.717, 1.165) is 12.8 Å². The van der Waals surface area contributed by atoms with Gasteiger partial charge >= 0.3 is 0 Å². The SMILES string of the molecule is CC(C)c1ccc2c(=O)n(C3CC3)c(N)nc2c1. The van der Waals surface area contributed by atoms with Crippen molar-refractivity contribution < 1.29 is 0 Å². The summed E-state index contributed by atoms with van der Waals surface area (Å²) in [5, 5.41) is 0.667. The van der Waals surface area contributed by atoms with E-state index in [0.29, 0.717) is 22.8 Å². The highest BCUT2D eigenvalue weighted by Crippen LogP contribution is 2.35. The summed E-state index contributed by atoms with van der Waals surface area (Å²) >= 11 is 0. The molecule has 0 atom stereocenters. The molecule has 1 aliphatic rings. The summed E-state index contributed by atoms with van der Waals surface area (Å²) in [5.74, 6) is 0.763. The molecule has 18 heavy (non-hydrogen) atoms. The lowest BCUT2D eigenvalue weighted by Crippen LogP contribution is -2.23. The average Bonchev–Trinajstić information content (AvgIpc) is 3.12. The molecule has 0 bridgehead atoms. The summed E-state index contributed by atoms with van der Waals surface area (Å²) in [6.45, 7) is 4.24. The van der Waals surface area contributed by atoms with E-state index in [1.807, 2.05) is 18.2 Å². The van der Waals surface area contributed by atoms with E-state index in [1.54, 1.807) is 4.57 Å². The van der Waals surface area contributed by atoms with Gasteiger partial charge in [-0.2, -0.15) is 0 Å². The van der Waals surface area contributed by atoms with Gasteiger partial charge in [-0.25, -0.2) is 4.98 Å². The molecule has 1 aromatic heterocycles. The van der Waals surface area contributed by atoms with Gasteiger partial charge in [0, 0.05) is 6.04 Å². The summed E-state index contributed by atoms with van der Waals surface area (Å²) < 4.78 is 1.64. The summed E-state index contributed by atoms with van der Waals surface area (Å²) in [6, 6.07) is 6.11. The van der Waals surface area contributed by atoms with Crippen molar-refractivity contribution in [3.8, 4) is 0 Å². The van der Waals surface area contributed by atoms with Crippen molar-refractivity contribution in [1.82, 2.24) is 9.55 Å². The van der Waals surface area contributed by atoms with E-state index in [9.17, 15) is 4.79 Å². The molecule has 1 fully saturated rings. The number of hydrogen-bond donors (Lipinski definition) is 1. The Bertz CT molecular complexity index is 669. The zero-order chi connectivity index (χ0) is 12.9. The van der Waals surface area contributed by atoms with Crippen molar-refractivity contribution in [3.63, 3.8) is 0 Å². The molecular formula is C14H17N3O. The van der Waals surface area contributed by atoms with Gasteiger partial charge in [0.15, 0.2) is 0 Å². The van der Waals surface area contributed by atoms with Crippen LogP contribution in [0, 0.1) is 0 Å². The Labute approximate surface area is 105 Å². The molecule has 1 heterocycles. The lowest BCUT2D eigenvalue weighted by Gasteiger charge is -2.11. The van der Waals surface area contributed by atoms with Gasteiger partial charge in [-0.1, -0.05) is 19.9 Å². The standard InChI is InChI=1S/C14H17N3O/c1-8(2)9-3-6-11-12(7-9)16-14(15)17(13(11)18)10-4-5-10/h3,6-8,10H,4-5H2,1-2H3,(H2,15,16). The smallest absolute Gasteiger partial charge is 0.263 e. The number of nitrogens with zero attached hydrogens (tertiary/aromatic N) is 2.